The molecule has 4 rings (SSSR count). The molecule has 1 aromatic heterocycles. The molecule has 0 fully saturated rings. The molecule has 12 heteroatoms. The zero-order valence-corrected chi connectivity index (χ0v) is 20.5. The third-order valence-corrected chi connectivity index (χ3v) is 8.94. The number of aromatic nitrogens is 1. The van der Waals surface area contributed by atoms with E-state index >= 15 is 0 Å². The molecule has 0 aliphatic carbocycles. The fraction of sp³-hybridized carbons (Fsp3) is 0.182. The van der Waals surface area contributed by atoms with Crippen molar-refractivity contribution in [1.82, 2.24) is 10.3 Å². The second kappa shape index (κ2) is 9.57. The maximum Gasteiger partial charge on any atom is 0.316 e. The smallest absolute Gasteiger partial charge is 0.316 e. The average molecular weight is 518 g/mol. The van der Waals surface area contributed by atoms with E-state index in [4.69, 9.17) is 0 Å². The van der Waals surface area contributed by atoms with Crippen LogP contribution >= 0.6 is 23.1 Å². The number of rotatable bonds is 6. The van der Waals surface area contributed by atoms with Crippen LogP contribution in [0.2, 0.25) is 0 Å². The number of aryl methyl sites for hydroxylation is 1. The van der Waals surface area contributed by atoms with Crippen molar-refractivity contribution in [2.75, 3.05) is 18.2 Å². The summed E-state index contributed by atoms with van der Waals surface area (Å²) in [6, 6.07) is 8.65. The summed E-state index contributed by atoms with van der Waals surface area (Å²) in [6.45, 7) is 1.96. The van der Waals surface area contributed by atoms with E-state index < -0.39 is 21.7 Å². The lowest BCUT2D eigenvalue weighted by Crippen LogP contribution is -2.22. The van der Waals surface area contributed by atoms with E-state index in [9.17, 15) is 22.8 Å². The number of benzene rings is 2. The Bertz CT molecular complexity index is 1410. The molecule has 0 atom stereocenters. The highest BCUT2D eigenvalue weighted by molar-refractivity contribution is 8.01. The summed E-state index contributed by atoms with van der Waals surface area (Å²) in [4.78, 5) is 41.5. The molecule has 9 nitrogen and oxygen atoms in total. The number of hydrogen-bond acceptors (Lipinski definition) is 9. The van der Waals surface area contributed by atoms with E-state index in [2.05, 4.69) is 20.4 Å². The molecule has 0 bridgehead atoms. The molecule has 0 unspecified atom stereocenters. The number of esters is 1. The Kier molecular flexibility index (Phi) is 6.73. The minimum absolute atomic E-state index is 0.0470. The van der Waals surface area contributed by atoms with Gasteiger partial charge < -0.3 is 15.4 Å². The predicted octanol–water partition coefficient (Wildman–Crippen LogP) is 3.05. The second-order valence-electron chi connectivity index (χ2n) is 7.31. The lowest BCUT2D eigenvalue weighted by atomic mass is 10.1. The quantitative estimate of drug-likeness (QED) is 0.377. The summed E-state index contributed by atoms with van der Waals surface area (Å²) in [7, 11) is -2.64. The highest BCUT2D eigenvalue weighted by Crippen LogP contribution is 2.34. The van der Waals surface area contributed by atoms with Crippen LogP contribution in [-0.4, -0.2) is 44.0 Å². The molecule has 2 heterocycles. The van der Waals surface area contributed by atoms with E-state index in [1.165, 1.54) is 60.5 Å². The number of thiazole rings is 1. The number of nitrogens with zero attached hydrogens (tertiary/aromatic N) is 1. The number of anilines is 1. The fourth-order valence-corrected chi connectivity index (χ4v) is 6.63. The Labute approximate surface area is 203 Å². The van der Waals surface area contributed by atoms with Crippen molar-refractivity contribution in [1.29, 1.82) is 0 Å². The third-order valence-electron chi connectivity index (χ3n) is 4.95. The van der Waals surface area contributed by atoms with Gasteiger partial charge >= 0.3 is 5.97 Å². The monoisotopic (exact) mass is 517 g/mol. The van der Waals surface area contributed by atoms with Crippen molar-refractivity contribution in [3.63, 3.8) is 0 Å². The van der Waals surface area contributed by atoms with E-state index in [-0.39, 0.29) is 44.9 Å². The van der Waals surface area contributed by atoms with E-state index in [1.807, 2.05) is 0 Å². The molecule has 2 amide bonds. The van der Waals surface area contributed by atoms with E-state index in [1.54, 1.807) is 19.2 Å². The van der Waals surface area contributed by atoms with Gasteiger partial charge in [0.1, 0.15) is 0 Å². The Morgan fingerprint density at radius 1 is 1.18 bits per heavy atom. The molecular weight excluding hydrogens is 498 g/mol. The number of hydrogen-bond donors (Lipinski definition) is 2. The molecule has 2 N–H and O–H groups in total. The van der Waals surface area contributed by atoms with Crippen LogP contribution in [0, 0.1) is 6.92 Å². The van der Waals surface area contributed by atoms with Gasteiger partial charge in [-0.25, -0.2) is 13.4 Å². The van der Waals surface area contributed by atoms with Crippen molar-refractivity contribution in [3.8, 4) is 0 Å². The van der Waals surface area contributed by atoms with Gasteiger partial charge in [0.25, 0.3) is 11.8 Å². The molecule has 0 saturated carbocycles. The molecule has 0 spiro atoms. The van der Waals surface area contributed by atoms with Crippen molar-refractivity contribution >= 4 is 56.4 Å². The largest absolute Gasteiger partial charge is 0.468 e. The first-order chi connectivity index (χ1) is 16.2. The molecule has 1 aliphatic rings. The summed E-state index contributed by atoms with van der Waals surface area (Å²) in [5, 5.41) is 5.37. The van der Waals surface area contributed by atoms with E-state index in [0.717, 1.165) is 10.4 Å². The van der Waals surface area contributed by atoms with Gasteiger partial charge in [-0.15, -0.1) is 11.3 Å². The minimum atomic E-state index is -3.95. The normalized spacial score (nSPS) is 13.8. The van der Waals surface area contributed by atoms with Gasteiger partial charge in [-0.3, -0.25) is 14.4 Å². The molecule has 0 saturated heterocycles. The summed E-state index contributed by atoms with van der Waals surface area (Å²) < 4.78 is 31.6. The zero-order valence-electron chi connectivity index (χ0n) is 18.1. The Morgan fingerprint density at radius 2 is 1.94 bits per heavy atom. The van der Waals surface area contributed by atoms with Gasteiger partial charge in [-0.2, -0.15) is 0 Å². The maximum absolute atomic E-state index is 13.2. The molecule has 1 aliphatic heterocycles. The molecule has 0 radical (unpaired) electrons. The standard InChI is InChI=1S/C22H19N3O6S3/c1-12-3-5-17-15(7-12)21(28)25-16-8-13(4-6-18(16)34(17,29)30)20(27)23-9-14-10-24-22(33-14)32-11-19(26)31-2/h3-8,10H,9,11H2,1-2H3,(H,23,27)(H,25,28). The van der Waals surface area contributed by atoms with Crippen LogP contribution in [0.5, 0.6) is 0 Å². The molecule has 2 aromatic carbocycles. The summed E-state index contributed by atoms with van der Waals surface area (Å²) in [5.41, 5.74) is 1.06. The highest BCUT2D eigenvalue weighted by Gasteiger charge is 2.31. The maximum atomic E-state index is 13.2. The van der Waals surface area contributed by atoms with Crippen LogP contribution in [0.25, 0.3) is 0 Å². The fourth-order valence-electron chi connectivity index (χ4n) is 3.25. The lowest BCUT2D eigenvalue weighted by Gasteiger charge is -2.10. The van der Waals surface area contributed by atoms with Crippen LogP contribution in [-0.2, 0) is 25.9 Å². The molecule has 34 heavy (non-hydrogen) atoms. The number of carbonyl (C=O) groups is 3. The number of ether oxygens (including phenoxy) is 1. The number of fused-ring (bicyclic) bond motifs is 2. The van der Waals surface area contributed by atoms with Gasteiger partial charge in [-0.05, 0) is 37.3 Å². The number of amides is 2. The number of methoxy groups -OCH3 is 1. The van der Waals surface area contributed by atoms with Crippen LogP contribution in [0.1, 0.15) is 31.2 Å². The van der Waals surface area contributed by atoms with Crippen LogP contribution < -0.4 is 10.6 Å². The predicted molar refractivity (Wildman–Crippen MR) is 127 cm³/mol. The number of sulfone groups is 1. The van der Waals surface area contributed by atoms with Gasteiger partial charge in [-0.1, -0.05) is 23.4 Å². The first-order valence-electron chi connectivity index (χ1n) is 9.92. The van der Waals surface area contributed by atoms with Crippen LogP contribution in [0.3, 0.4) is 0 Å². The Balaban J connectivity index is 1.50. The molecule has 3 aromatic rings. The van der Waals surface area contributed by atoms with Gasteiger partial charge in [0.15, 0.2) is 4.34 Å². The Hall–Kier alpha value is -3.22. The number of carbonyl (C=O) groups excluding carboxylic acids is 3. The highest BCUT2D eigenvalue weighted by atomic mass is 32.2. The van der Waals surface area contributed by atoms with Gasteiger partial charge in [0.2, 0.25) is 9.84 Å². The lowest BCUT2D eigenvalue weighted by molar-refractivity contribution is -0.137. The average Bonchev–Trinajstić information content (AvgIpc) is 3.25. The van der Waals surface area contributed by atoms with E-state index in [0.29, 0.717) is 4.34 Å². The van der Waals surface area contributed by atoms with Gasteiger partial charge in [0.05, 0.1) is 40.4 Å². The summed E-state index contributed by atoms with van der Waals surface area (Å²) >= 11 is 2.58. The van der Waals surface area contributed by atoms with Crippen LogP contribution in [0.15, 0.2) is 56.7 Å². The molecular formula is C22H19N3O6S3. The first-order valence-corrected chi connectivity index (χ1v) is 13.2. The topological polar surface area (TPSA) is 132 Å². The summed E-state index contributed by atoms with van der Waals surface area (Å²) in [6.07, 6.45) is 1.60. The zero-order chi connectivity index (χ0) is 24.5. The van der Waals surface area contributed by atoms with Crippen molar-refractivity contribution < 1.29 is 27.5 Å². The van der Waals surface area contributed by atoms with Crippen molar-refractivity contribution in [2.24, 2.45) is 0 Å². The van der Waals surface area contributed by atoms with Crippen molar-refractivity contribution in [2.45, 2.75) is 27.6 Å². The Morgan fingerprint density at radius 3 is 2.71 bits per heavy atom. The summed E-state index contributed by atoms with van der Waals surface area (Å²) in [5.74, 6) is -1.21. The third kappa shape index (κ3) is 4.83. The minimum Gasteiger partial charge on any atom is -0.468 e. The van der Waals surface area contributed by atoms with Gasteiger partial charge in [0, 0.05) is 16.6 Å². The van der Waals surface area contributed by atoms with Crippen molar-refractivity contribution in [3.05, 3.63) is 64.2 Å². The second-order valence-corrected chi connectivity index (χ2v) is 11.5. The number of nitrogens with one attached hydrogen (secondary N) is 2. The molecule has 176 valence electrons. The SMILES string of the molecule is COC(=O)CSc1ncc(CNC(=O)c2ccc3c(c2)NC(=O)c2cc(C)ccc2S3(=O)=O)s1. The number of thioether (sulfide) groups is 1. The van der Waals surface area contributed by atoms with Crippen LogP contribution in [0.4, 0.5) is 5.69 Å². The first kappa shape index (κ1) is 23.9.